The molecule has 116 valence electrons. The van der Waals surface area contributed by atoms with E-state index in [0.29, 0.717) is 5.75 Å². The van der Waals surface area contributed by atoms with Gasteiger partial charge in [0.15, 0.2) is 0 Å². The second-order valence-corrected chi connectivity index (χ2v) is 6.48. The summed E-state index contributed by atoms with van der Waals surface area (Å²) in [4.78, 5) is 15.8. The Bertz CT molecular complexity index is 655. The van der Waals surface area contributed by atoms with E-state index in [2.05, 4.69) is 16.8 Å². The summed E-state index contributed by atoms with van der Waals surface area (Å²) in [7, 11) is 1.62. The third-order valence-electron chi connectivity index (χ3n) is 3.98. The average Bonchev–Trinajstić information content (AvgIpc) is 3.18. The first-order valence-corrected chi connectivity index (χ1v) is 8.32. The number of amides is 2. The third-order valence-corrected chi connectivity index (χ3v) is 4.96. The van der Waals surface area contributed by atoms with Gasteiger partial charge >= 0.3 is 6.03 Å². The highest BCUT2D eigenvalue weighted by atomic mass is 32.1. The summed E-state index contributed by atoms with van der Waals surface area (Å²) in [6, 6.07) is 10.1. The molecule has 0 aliphatic carbocycles. The van der Waals surface area contributed by atoms with Crippen LogP contribution in [0.5, 0.6) is 5.75 Å². The monoisotopic (exact) mass is 316 g/mol. The molecule has 4 nitrogen and oxygen atoms in total. The molecule has 1 atom stereocenters. The number of urea groups is 1. The molecule has 2 amide bonds. The van der Waals surface area contributed by atoms with Crippen LogP contribution in [0.1, 0.15) is 29.3 Å². The SMILES string of the molecule is COc1ccc(C)cc1NC(=O)N1CCC[C@H]1c1cccs1. The van der Waals surface area contributed by atoms with Crippen molar-refractivity contribution in [1.82, 2.24) is 4.90 Å². The van der Waals surface area contributed by atoms with Gasteiger partial charge in [0.2, 0.25) is 0 Å². The zero-order valence-electron chi connectivity index (χ0n) is 12.8. The predicted molar refractivity (Wildman–Crippen MR) is 89.7 cm³/mol. The van der Waals surface area contributed by atoms with Crippen molar-refractivity contribution in [1.29, 1.82) is 0 Å². The molecular formula is C17H20N2O2S. The Morgan fingerprint density at radius 3 is 3.00 bits per heavy atom. The van der Waals surface area contributed by atoms with Crippen LogP contribution in [0, 0.1) is 6.92 Å². The van der Waals surface area contributed by atoms with Crippen molar-refractivity contribution in [2.24, 2.45) is 0 Å². The van der Waals surface area contributed by atoms with Crippen molar-refractivity contribution in [3.05, 3.63) is 46.2 Å². The van der Waals surface area contributed by atoms with Crippen molar-refractivity contribution >= 4 is 23.1 Å². The molecule has 1 aromatic carbocycles. The van der Waals surface area contributed by atoms with Crippen LogP contribution in [0.15, 0.2) is 35.7 Å². The molecule has 1 fully saturated rings. The lowest BCUT2D eigenvalue weighted by Crippen LogP contribution is -2.34. The Hall–Kier alpha value is -2.01. The topological polar surface area (TPSA) is 41.6 Å². The number of nitrogens with one attached hydrogen (secondary N) is 1. The van der Waals surface area contributed by atoms with E-state index < -0.39 is 0 Å². The molecule has 0 spiro atoms. The van der Waals surface area contributed by atoms with Gasteiger partial charge in [-0.1, -0.05) is 12.1 Å². The quantitative estimate of drug-likeness (QED) is 0.910. The molecule has 1 aliphatic heterocycles. The highest BCUT2D eigenvalue weighted by molar-refractivity contribution is 7.10. The first kappa shape index (κ1) is 14.9. The van der Waals surface area contributed by atoms with Crippen LogP contribution < -0.4 is 10.1 Å². The predicted octanol–water partition coefficient (Wildman–Crippen LogP) is 4.43. The number of methoxy groups -OCH3 is 1. The van der Waals surface area contributed by atoms with Crippen molar-refractivity contribution in [3.8, 4) is 5.75 Å². The fourth-order valence-corrected chi connectivity index (χ4v) is 3.77. The number of nitrogens with zero attached hydrogens (tertiary/aromatic N) is 1. The summed E-state index contributed by atoms with van der Waals surface area (Å²) in [6.07, 6.45) is 2.07. The van der Waals surface area contributed by atoms with E-state index in [0.717, 1.165) is 30.6 Å². The minimum absolute atomic E-state index is 0.0557. The van der Waals surface area contributed by atoms with Gasteiger partial charge in [0, 0.05) is 11.4 Å². The fourth-order valence-electron chi connectivity index (χ4n) is 2.89. The summed E-state index contributed by atoms with van der Waals surface area (Å²) < 4.78 is 5.33. The van der Waals surface area contributed by atoms with Gasteiger partial charge in [-0.2, -0.15) is 0 Å². The lowest BCUT2D eigenvalue weighted by molar-refractivity contribution is 0.207. The molecule has 1 saturated heterocycles. The molecule has 1 N–H and O–H groups in total. The van der Waals surface area contributed by atoms with Gasteiger partial charge in [-0.25, -0.2) is 4.79 Å². The average molecular weight is 316 g/mol. The highest BCUT2D eigenvalue weighted by Crippen LogP contribution is 2.35. The van der Waals surface area contributed by atoms with Crippen LogP contribution in [-0.2, 0) is 0 Å². The number of carbonyl (C=O) groups is 1. The molecule has 1 aromatic heterocycles. The Morgan fingerprint density at radius 2 is 2.27 bits per heavy atom. The molecule has 0 bridgehead atoms. The molecule has 1 aliphatic rings. The standard InChI is InChI=1S/C17H20N2O2S/c1-12-7-8-15(21-2)13(11-12)18-17(20)19-9-3-5-14(19)16-6-4-10-22-16/h4,6-8,10-11,14H,3,5,9H2,1-2H3,(H,18,20)/t14-/m0/s1. The Labute approximate surface area is 134 Å². The number of anilines is 1. The van der Waals surface area contributed by atoms with Gasteiger partial charge in [-0.05, 0) is 48.9 Å². The molecule has 0 saturated carbocycles. The molecular weight excluding hydrogens is 296 g/mol. The number of likely N-dealkylation sites (tertiary alicyclic amines) is 1. The van der Waals surface area contributed by atoms with E-state index >= 15 is 0 Å². The van der Waals surface area contributed by atoms with Crippen LogP contribution >= 0.6 is 11.3 Å². The largest absolute Gasteiger partial charge is 0.495 e. The van der Waals surface area contributed by atoms with E-state index in [4.69, 9.17) is 4.74 Å². The van der Waals surface area contributed by atoms with Gasteiger partial charge in [-0.15, -0.1) is 11.3 Å². The van der Waals surface area contributed by atoms with E-state index in [9.17, 15) is 4.79 Å². The smallest absolute Gasteiger partial charge is 0.322 e. The number of hydrogen-bond acceptors (Lipinski definition) is 3. The van der Waals surface area contributed by atoms with Gasteiger partial charge in [0.1, 0.15) is 5.75 Å². The summed E-state index contributed by atoms with van der Waals surface area (Å²) >= 11 is 1.71. The van der Waals surface area contributed by atoms with Crippen molar-refractivity contribution < 1.29 is 9.53 Å². The number of benzene rings is 1. The second-order valence-electron chi connectivity index (χ2n) is 5.50. The van der Waals surface area contributed by atoms with E-state index in [-0.39, 0.29) is 12.1 Å². The summed E-state index contributed by atoms with van der Waals surface area (Å²) in [6.45, 7) is 2.79. The number of aryl methyl sites for hydroxylation is 1. The zero-order chi connectivity index (χ0) is 15.5. The Kier molecular flexibility index (Phi) is 4.34. The fraction of sp³-hybridized carbons (Fsp3) is 0.353. The van der Waals surface area contributed by atoms with Crippen LogP contribution in [0.4, 0.5) is 10.5 Å². The summed E-state index contributed by atoms with van der Waals surface area (Å²) in [5.41, 5.74) is 1.82. The number of rotatable bonds is 3. The van der Waals surface area contributed by atoms with Gasteiger partial charge < -0.3 is 15.0 Å². The second kappa shape index (κ2) is 6.40. The van der Waals surface area contributed by atoms with Crippen LogP contribution in [-0.4, -0.2) is 24.6 Å². The maximum Gasteiger partial charge on any atom is 0.322 e. The van der Waals surface area contributed by atoms with Crippen LogP contribution in [0.3, 0.4) is 0 Å². The maximum absolute atomic E-state index is 12.7. The molecule has 2 aromatic rings. The number of thiophene rings is 1. The third kappa shape index (κ3) is 2.95. The number of ether oxygens (including phenoxy) is 1. The number of carbonyl (C=O) groups excluding carboxylic acids is 1. The van der Waals surface area contributed by atoms with E-state index in [1.54, 1.807) is 18.4 Å². The minimum atomic E-state index is -0.0557. The van der Waals surface area contributed by atoms with Gasteiger partial charge in [-0.3, -0.25) is 0 Å². The first-order chi connectivity index (χ1) is 10.7. The summed E-state index contributed by atoms with van der Waals surface area (Å²) in [5, 5.41) is 5.07. The van der Waals surface area contributed by atoms with E-state index in [1.165, 1.54) is 4.88 Å². The Morgan fingerprint density at radius 1 is 1.41 bits per heavy atom. The zero-order valence-corrected chi connectivity index (χ0v) is 13.7. The highest BCUT2D eigenvalue weighted by Gasteiger charge is 2.30. The first-order valence-electron chi connectivity index (χ1n) is 7.44. The van der Waals surface area contributed by atoms with Crippen molar-refractivity contribution in [2.75, 3.05) is 19.0 Å². The molecule has 5 heteroatoms. The van der Waals surface area contributed by atoms with Gasteiger partial charge in [0.25, 0.3) is 0 Å². The maximum atomic E-state index is 12.7. The van der Waals surface area contributed by atoms with Gasteiger partial charge in [0.05, 0.1) is 18.8 Å². The molecule has 22 heavy (non-hydrogen) atoms. The molecule has 0 radical (unpaired) electrons. The van der Waals surface area contributed by atoms with Crippen molar-refractivity contribution in [2.45, 2.75) is 25.8 Å². The molecule has 3 rings (SSSR count). The Balaban J connectivity index is 1.78. The molecule has 0 unspecified atom stereocenters. The number of hydrogen-bond donors (Lipinski definition) is 1. The summed E-state index contributed by atoms with van der Waals surface area (Å²) in [5.74, 6) is 0.686. The van der Waals surface area contributed by atoms with Crippen LogP contribution in [0.2, 0.25) is 0 Å². The van der Waals surface area contributed by atoms with Crippen molar-refractivity contribution in [3.63, 3.8) is 0 Å². The lowest BCUT2D eigenvalue weighted by Gasteiger charge is -2.24. The normalized spacial score (nSPS) is 17.5. The van der Waals surface area contributed by atoms with E-state index in [1.807, 2.05) is 36.1 Å². The minimum Gasteiger partial charge on any atom is -0.495 e. The molecule has 2 heterocycles. The van der Waals surface area contributed by atoms with Crippen LogP contribution in [0.25, 0.3) is 0 Å². The lowest BCUT2D eigenvalue weighted by atomic mass is 10.2.